The van der Waals surface area contributed by atoms with Crippen molar-refractivity contribution in [3.63, 3.8) is 0 Å². The number of ether oxygens (including phenoxy) is 2. The summed E-state index contributed by atoms with van der Waals surface area (Å²) in [7, 11) is 1.72. The van der Waals surface area contributed by atoms with Gasteiger partial charge < -0.3 is 9.47 Å². The third-order valence-electron chi connectivity index (χ3n) is 6.29. The van der Waals surface area contributed by atoms with Crippen molar-refractivity contribution in [2.24, 2.45) is 0 Å². The Labute approximate surface area is 178 Å². The number of likely N-dealkylation sites (tertiary alicyclic amines) is 1. The molecule has 2 aliphatic rings. The Morgan fingerprint density at radius 1 is 0.862 bits per heavy atom. The predicted octanol–water partition coefficient (Wildman–Crippen LogP) is 5.80. The fourth-order valence-electron chi connectivity index (χ4n) is 4.84. The molecule has 2 aliphatic heterocycles. The van der Waals surface area contributed by atoms with Crippen LogP contribution in [0.4, 0.5) is 0 Å². The van der Waals surface area contributed by atoms with Crippen LogP contribution in [0.25, 0.3) is 0 Å². The molecule has 0 saturated carbocycles. The van der Waals surface area contributed by atoms with Gasteiger partial charge in [0.05, 0.1) is 7.11 Å². The van der Waals surface area contributed by atoms with E-state index in [-0.39, 0.29) is 17.8 Å². The van der Waals surface area contributed by atoms with Gasteiger partial charge in [0, 0.05) is 23.1 Å². The lowest BCUT2D eigenvalue weighted by Gasteiger charge is -2.46. The second-order valence-corrected chi connectivity index (χ2v) is 7.78. The molecule has 5 rings (SSSR count). The summed E-state index contributed by atoms with van der Waals surface area (Å²) in [5.74, 6) is 2.68. The minimum atomic E-state index is -0.00803. The number of benzene rings is 3. The maximum absolute atomic E-state index is 6.31. The predicted molar refractivity (Wildman–Crippen MR) is 118 cm³/mol. The molecule has 29 heavy (non-hydrogen) atoms. The normalized spacial score (nSPS) is 16.9. The van der Waals surface area contributed by atoms with Gasteiger partial charge in [0.2, 0.25) is 0 Å². The van der Waals surface area contributed by atoms with Crippen molar-refractivity contribution >= 4 is 12.4 Å². The van der Waals surface area contributed by atoms with Crippen molar-refractivity contribution < 1.29 is 9.47 Å². The van der Waals surface area contributed by atoms with E-state index in [0.717, 1.165) is 49.7 Å². The highest BCUT2D eigenvalue weighted by molar-refractivity contribution is 5.85. The average Bonchev–Trinajstić information content (AvgIpc) is 2.76. The number of methoxy groups -OCH3 is 1. The van der Waals surface area contributed by atoms with Crippen molar-refractivity contribution in [1.29, 1.82) is 0 Å². The Balaban J connectivity index is 0.00000205. The molecule has 4 heteroatoms. The molecular weight excluding hydrogens is 382 g/mol. The van der Waals surface area contributed by atoms with E-state index in [0.29, 0.717) is 0 Å². The second-order valence-electron chi connectivity index (χ2n) is 7.78. The molecule has 3 aromatic carbocycles. The second kappa shape index (κ2) is 8.10. The Kier molecular flexibility index (Phi) is 5.53. The molecule has 0 radical (unpaired) electrons. The van der Waals surface area contributed by atoms with E-state index >= 15 is 0 Å². The molecule has 1 fully saturated rings. The summed E-state index contributed by atoms with van der Waals surface area (Å²) in [6.45, 7) is 3.15. The van der Waals surface area contributed by atoms with E-state index in [1.807, 2.05) is 6.07 Å². The van der Waals surface area contributed by atoms with E-state index in [2.05, 4.69) is 71.6 Å². The first-order valence-electron chi connectivity index (χ1n) is 10.0. The van der Waals surface area contributed by atoms with Gasteiger partial charge >= 0.3 is 0 Å². The minimum Gasteiger partial charge on any atom is -0.493 e. The molecule has 3 aromatic rings. The van der Waals surface area contributed by atoms with Crippen LogP contribution in [0.15, 0.2) is 72.8 Å². The van der Waals surface area contributed by atoms with Gasteiger partial charge in [-0.3, -0.25) is 4.90 Å². The van der Waals surface area contributed by atoms with Crippen molar-refractivity contribution in [3.05, 3.63) is 89.5 Å². The monoisotopic (exact) mass is 407 g/mol. The summed E-state index contributed by atoms with van der Waals surface area (Å²) < 4.78 is 11.9. The SMILES string of the molecule is COc1cccc2c1Oc1ccccc1C21CCN(Cc2ccccc2)CC1.Cl. The number of piperidine rings is 1. The minimum absolute atomic E-state index is 0. The summed E-state index contributed by atoms with van der Waals surface area (Å²) in [6, 6.07) is 25.6. The van der Waals surface area contributed by atoms with Crippen LogP contribution in [0.5, 0.6) is 17.2 Å². The smallest absolute Gasteiger partial charge is 0.173 e. The molecule has 1 saturated heterocycles. The number of nitrogens with zero attached hydrogens (tertiary/aromatic N) is 1. The molecule has 0 atom stereocenters. The molecule has 0 aliphatic carbocycles. The van der Waals surface area contributed by atoms with Gasteiger partial charge in [-0.25, -0.2) is 0 Å². The van der Waals surface area contributed by atoms with Crippen LogP contribution in [-0.2, 0) is 12.0 Å². The van der Waals surface area contributed by atoms with Crippen LogP contribution in [0.1, 0.15) is 29.5 Å². The summed E-state index contributed by atoms with van der Waals surface area (Å²) >= 11 is 0. The van der Waals surface area contributed by atoms with Gasteiger partial charge in [0.1, 0.15) is 5.75 Å². The van der Waals surface area contributed by atoms with Gasteiger partial charge in [-0.05, 0) is 43.6 Å². The van der Waals surface area contributed by atoms with Crippen LogP contribution in [0.2, 0.25) is 0 Å². The largest absolute Gasteiger partial charge is 0.493 e. The van der Waals surface area contributed by atoms with Crippen LogP contribution < -0.4 is 9.47 Å². The number of halogens is 1. The lowest BCUT2D eigenvalue weighted by Crippen LogP contribution is -2.44. The average molecular weight is 408 g/mol. The maximum atomic E-state index is 6.31. The zero-order valence-corrected chi connectivity index (χ0v) is 17.5. The Morgan fingerprint density at radius 2 is 1.55 bits per heavy atom. The van der Waals surface area contributed by atoms with E-state index < -0.39 is 0 Å². The highest BCUT2D eigenvalue weighted by atomic mass is 35.5. The van der Waals surface area contributed by atoms with E-state index in [4.69, 9.17) is 9.47 Å². The lowest BCUT2D eigenvalue weighted by molar-refractivity contribution is 0.164. The molecule has 0 N–H and O–H groups in total. The summed E-state index contributed by atoms with van der Waals surface area (Å²) in [4.78, 5) is 2.57. The summed E-state index contributed by atoms with van der Waals surface area (Å²) in [5.41, 5.74) is 3.96. The van der Waals surface area contributed by atoms with E-state index in [1.165, 1.54) is 16.7 Å². The number of rotatable bonds is 3. The Bertz CT molecular complexity index is 981. The van der Waals surface area contributed by atoms with Gasteiger partial charge in [0.15, 0.2) is 11.5 Å². The van der Waals surface area contributed by atoms with Gasteiger partial charge in [-0.2, -0.15) is 0 Å². The number of fused-ring (bicyclic) bond motifs is 4. The summed E-state index contributed by atoms with van der Waals surface area (Å²) in [6.07, 6.45) is 2.17. The van der Waals surface area contributed by atoms with Gasteiger partial charge in [-0.15, -0.1) is 12.4 Å². The molecule has 3 nitrogen and oxygen atoms in total. The van der Waals surface area contributed by atoms with Crippen LogP contribution in [-0.4, -0.2) is 25.1 Å². The highest BCUT2D eigenvalue weighted by Gasteiger charge is 2.45. The number of para-hydroxylation sites is 2. The molecule has 2 heterocycles. The lowest BCUT2D eigenvalue weighted by atomic mass is 9.66. The van der Waals surface area contributed by atoms with Crippen molar-refractivity contribution in [3.8, 4) is 17.2 Å². The first-order chi connectivity index (χ1) is 13.8. The zero-order valence-electron chi connectivity index (χ0n) is 16.6. The van der Waals surface area contributed by atoms with Crippen molar-refractivity contribution in [1.82, 2.24) is 4.90 Å². The molecule has 0 unspecified atom stereocenters. The molecule has 0 bridgehead atoms. The molecule has 150 valence electrons. The summed E-state index contributed by atoms with van der Waals surface area (Å²) in [5, 5.41) is 0. The standard InChI is InChI=1S/C25H25NO2.ClH/c1-27-23-13-7-11-21-24(23)28-22-12-6-5-10-20(22)25(21)14-16-26(17-15-25)18-19-8-3-2-4-9-19;/h2-13H,14-18H2,1H3;1H. The van der Waals surface area contributed by atoms with Crippen molar-refractivity contribution in [2.75, 3.05) is 20.2 Å². The highest BCUT2D eigenvalue weighted by Crippen LogP contribution is 2.55. The Hall–Kier alpha value is -2.49. The van der Waals surface area contributed by atoms with Crippen molar-refractivity contribution in [2.45, 2.75) is 24.8 Å². The maximum Gasteiger partial charge on any atom is 0.173 e. The number of hydrogen-bond donors (Lipinski definition) is 0. The molecule has 0 aromatic heterocycles. The fraction of sp³-hybridized carbons (Fsp3) is 0.280. The van der Waals surface area contributed by atoms with Crippen LogP contribution in [0.3, 0.4) is 0 Å². The topological polar surface area (TPSA) is 21.7 Å². The Morgan fingerprint density at radius 3 is 2.31 bits per heavy atom. The quantitative estimate of drug-likeness (QED) is 0.547. The first-order valence-corrected chi connectivity index (χ1v) is 10.0. The zero-order chi connectivity index (χ0) is 19.0. The van der Waals surface area contributed by atoms with Crippen LogP contribution >= 0.6 is 12.4 Å². The molecule has 0 amide bonds. The first kappa shape index (κ1) is 19.8. The van der Waals surface area contributed by atoms with Gasteiger partial charge in [0.25, 0.3) is 0 Å². The van der Waals surface area contributed by atoms with E-state index in [1.54, 1.807) is 7.11 Å². The number of hydrogen-bond acceptors (Lipinski definition) is 3. The fourth-order valence-corrected chi connectivity index (χ4v) is 4.84. The molecular formula is C25H26ClNO2. The van der Waals surface area contributed by atoms with Crippen LogP contribution in [0, 0.1) is 0 Å². The third kappa shape index (κ3) is 3.39. The van der Waals surface area contributed by atoms with Gasteiger partial charge in [-0.1, -0.05) is 60.7 Å². The third-order valence-corrected chi connectivity index (χ3v) is 6.29. The molecule has 1 spiro atoms. The van der Waals surface area contributed by atoms with E-state index in [9.17, 15) is 0 Å².